The number of rotatable bonds is 5. The van der Waals surface area contributed by atoms with Gasteiger partial charge in [0.05, 0.1) is 7.11 Å². The minimum atomic E-state index is 0.600. The summed E-state index contributed by atoms with van der Waals surface area (Å²) in [5, 5.41) is 3.49. The number of nitrogens with zero attached hydrogens (tertiary/aromatic N) is 1. The van der Waals surface area contributed by atoms with Crippen molar-refractivity contribution in [3.63, 3.8) is 0 Å². The van der Waals surface area contributed by atoms with Crippen LogP contribution in [0.3, 0.4) is 0 Å². The zero-order valence-electron chi connectivity index (χ0n) is 12.4. The van der Waals surface area contributed by atoms with Gasteiger partial charge in [0.15, 0.2) is 0 Å². The van der Waals surface area contributed by atoms with Crippen molar-refractivity contribution in [3.05, 3.63) is 29.3 Å². The predicted octanol–water partition coefficient (Wildman–Crippen LogP) is 2.27. The van der Waals surface area contributed by atoms with Crippen molar-refractivity contribution in [2.75, 3.05) is 40.8 Å². The first-order chi connectivity index (χ1) is 9.20. The van der Waals surface area contributed by atoms with E-state index >= 15 is 0 Å². The van der Waals surface area contributed by atoms with Gasteiger partial charge in [-0.25, -0.2) is 0 Å². The Morgan fingerprint density at radius 2 is 2.21 bits per heavy atom. The van der Waals surface area contributed by atoms with Gasteiger partial charge in [0.2, 0.25) is 0 Å². The summed E-state index contributed by atoms with van der Waals surface area (Å²) in [6, 6.07) is 6.68. The van der Waals surface area contributed by atoms with Gasteiger partial charge in [-0.2, -0.15) is 0 Å². The number of methoxy groups -OCH3 is 1. The van der Waals surface area contributed by atoms with E-state index in [1.165, 1.54) is 24.0 Å². The number of hydrogen-bond acceptors (Lipinski definition) is 3. The lowest BCUT2D eigenvalue weighted by atomic mass is 9.89. The molecule has 0 spiro atoms. The highest BCUT2D eigenvalue weighted by atomic mass is 16.5. The molecule has 0 amide bonds. The number of likely N-dealkylation sites (N-methyl/N-ethyl adjacent to an activating group) is 1. The van der Waals surface area contributed by atoms with Gasteiger partial charge < -0.3 is 15.0 Å². The molecule has 19 heavy (non-hydrogen) atoms. The van der Waals surface area contributed by atoms with Crippen LogP contribution in [0.1, 0.15) is 29.9 Å². The molecular weight excluding hydrogens is 236 g/mol. The standard InChI is InChI=1S/C16H26N2O/c1-18(2)10-8-13-6-7-16(19-3)15(11-13)14-5-4-9-17-12-14/h6-7,11,14,17H,4-5,8-10,12H2,1-3H3. The summed E-state index contributed by atoms with van der Waals surface area (Å²) in [7, 11) is 6.01. The van der Waals surface area contributed by atoms with Crippen molar-refractivity contribution < 1.29 is 4.74 Å². The minimum absolute atomic E-state index is 0.600. The molecule has 1 aliphatic heterocycles. The van der Waals surface area contributed by atoms with E-state index in [0.29, 0.717) is 5.92 Å². The highest BCUT2D eigenvalue weighted by Crippen LogP contribution is 2.32. The number of ether oxygens (including phenoxy) is 1. The smallest absolute Gasteiger partial charge is 0.122 e. The molecule has 1 aliphatic rings. The maximum absolute atomic E-state index is 5.54. The Morgan fingerprint density at radius 3 is 2.84 bits per heavy atom. The van der Waals surface area contributed by atoms with E-state index in [0.717, 1.165) is 31.8 Å². The number of benzene rings is 1. The van der Waals surface area contributed by atoms with Gasteiger partial charge in [-0.15, -0.1) is 0 Å². The quantitative estimate of drug-likeness (QED) is 0.881. The maximum Gasteiger partial charge on any atom is 0.122 e. The molecule has 1 atom stereocenters. The second-order valence-corrected chi connectivity index (χ2v) is 5.67. The second-order valence-electron chi connectivity index (χ2n) is 5.67. The van der Waals surface area contributed by atoms with Crippen molar-refractivity contribution in [2.24, 2.45) is 0 Å². The Kier molecular flexibility index (Phi) is 5.23. The lowest BCUT2D eigenvalue weighted by Gasteiger charge is -2.25. The average molecular weight is 262 g/mol. The summed E-state index contributed by atoms with van der Waals surface area (Å²) in [6.45, 7) is 3.32. The summed E-state index contributed by atoms with van der Waals surface area (Å²) < 4.78 is 5.54. The molecule has 1 N–H and O–H groups in total. The third-order valence-corrected chi connectivity index (χ3v) is 3.88. The first kappa shape index (κ1) is 14.4. The molecule has 0 aromatic heterocycles. The van der Waals surface area contributed by atoms with Crippen molar-refractivity contribution in [3.8, 4) is 5.75 Å². The van der Waals surface area contributed by atoms with Crippen molar-refractivity contribution in [2.45, 2.75) is 25.2 Å². The maximum atomic E-state index is 5.54. The van der Waals surface area contributed by atoms with Crippen LogP contribution in [-0.4, -0.2) is 45.7 Å². The lowest BCUT2D eigenvalue weighted by molar-refractivity contribution is 0.391. The zero-order valence-corrected chi connectivity index (χ0v) is 12.4. The average Bonchev–Trinajstić information content (AvgIpc) is 2.45. The molecule has 0 radical (unpaired) electrons. The summed E-state index contributed by atoms with van der Waals surface area (Å²) >= 11 is 0. The van der Waals surface area contributed by atoms with E-state index in [1.807, 2.05) is 0 Å². The van der Waals surface area contributed by atoms with Gasteiger partial charge in [-0.1, -0.05) is 12.1 Å². The highest BCUT2D eigenvalue weighted by molar-refractivity contribution is 5.40. The third kappa shape index (κ3) is 3.95. The van der Waals surface area contributed by atoms with Gasteiger partial charge >= 0.3 is 0 Å². The van der Waals surface area contributed by atoms with Crippen LogP contribution in [0.5, 0.6) is 5.75 Å². The molecule has 0 aliphatic carbocycles. The Balaban J connectivity index is 2.15. The Labute approximate surface area is 116 Å². The van der Waals surface area contributed by atoms with Crippen LogP contribution in [0.25, 0.3) is 0 Å². The minimum Gasteiger partial charge on any atom is -0.496 e. The first-order valence-electron chi connectivity index (χ1n) is 7.23. The second kappa shape index (κ2) is 6.92. The van der Waals surface area contributed by atoms with Gasteiger partial charge in [0, 0.05) is 19.0 Å². The summed E-state index contributed by atoms with van der Waals surface area (Å²) in [5.74, 6) is 1.64. The van der Waals surface area contributed by atoms with Crippen LogP contribution in [0.15, 0.2) is 18.2 Å². The van der Waals surface area contributed by atoms with Crippen LogP contribution in [0.2, 0.25) is 0 Å². The van der Waals surface area contributed by atoms with Gasteiger partial charge in [0.1, 0.15) is 5.75 Å². The fraction of sp³-hybridized carbons (Fsp3) is 0.625. The molecule has 1 unspecified atom stereocenters. The van der Waals surface area contributed by atoms with E-state index < -0.39 is 0 Å². The molecule has 1 aromatic rings. The molecule has 3 heteroatoms. The third-order valence-electron chi connectivity index (χ3n) is 3.88. The van der Waals surface area contributed by atoms with Crippen LogP contribution in [0, 0.1) is 0 Å². The summed E-state index contributed by atoms with van der Waals surface area (Å²) in [6.07, 6.45) is 3.63. The van der Waals surface area contributed by atoms with Crippen molar-refractivity contribution in [1.29, 1.82) is 0 Å². The van der Waals surface area contributed by atoms with Crippen molar-refractivity contribution in [1.82, 2.24) is 10.2 Å². The molecular formula is C16H26N2O. The fourth-order valence-electron chi connectivity index (χ4n) is 2.73. The molecule has 0 bridgehead atoms. The molecule has 1 aromatic carbocycles. The number of nitrogens with one attached hydrogen (secondary N) is 1. The fourth-order valence-corrected chi connectivity index (χ4v) is 2.73. The summed E-state index contributed by atoms with van der Waals surface area (Å²) in [5.41, 5.74) is 2.79. The number of piperidine rings is 1. The lowest BCUT2D eigenvalue weighted by Crippen LogP contribution is -2.28. The summed E-state index contributed by atoms with van der Waals surface area (Å²) in [4.78, 5) is 2.23. The Hall–Kier alpha value is -1.06. The SMILES string of the molecule is COc1ccc(CCN(C)C)cc1C1CCCNC1. The van der Waals surface area contributed by atoms with Crippen LogP contribution < -0.4 is 10.1 Å². The Bertz CT molecular complexity index is 398. The normalized spacial score (nSPS) is 19.7. The predicted molar refractivity (Wildman–Crippen MR) is 80.1 cm³/mol. The van der Waals surface area contributed by atoms with Crippen LogP contribution in [0.4, 0.5) is 0 Å². The molecule has 2 rings (SSSR count). The van der Waals surface area contributed by atoms with E-state index in [4.69, 9.17) is 4.74 Å². The van der Waals surface area contributed by atoms with Crippen LogP contribution in [-0.2, 0) is 6.42 Å². The molecule has 106 valence electrons. The van der Waals surface area contributed by atoms with E-state index in [1.54, 1.807) is 7.11 Å². The van der Waals surface area contributed by atoms with E-state index in [2.05, 4.69) is 42.5 Å². The first-order valence-corrected chi connectivity index (χ1v) is 7.23. The van der Waals surface area contributed by atoms with Crippen LogP contribution >= 0.6 is 0 Å². The number of hydrogen-bond donors (Lipinski definition) is 1. The van der Waals surface area contributed by atoms with E-state index in [9.17, 15) is 0 Å². The molecule has 1 fully saturated rings. The van der Waals surface area contributed by atoms with Gasteiger partial charge in [-0.3, -0.25) is 0 Å². The monoisotopic (exact) mass is 262 g/mol. The molecule has 3 nitrogen and oxygen atoms in total. The largest absolute Gasteiger partial charge is 0.496 e. The van der Waals surface area contributed by atoms with Gasteiger partial charge in [0.25, 0.3) is 0 Å². The topological polar surface area (TPSA) is 24.5 Å². The molecule has 1 heterocycles. The Morgan fingerprint density at radius 1 is 1.37 bits per heavy atom. The van der Waals surface area contributed by atoms with Crippen molar-refractivity contribution >= 4 is 0 Å². The zero-order chi connectivity index (χ0) is 13.7. The molecule has 0 saturated carbocycles. The molecule has 1 saturated heterocycles. The van der Waals surface area contributed by atoms with E-state index in [-0.39, 0.29) is 0 Å². The highest BCUT2D eigenvalue weighted by Gasteiger charge is 2.19. The van der Waals surface area contributed by atoms with Gasteiger partial charge in [-0.05, 0) is 57.1 Å².